The summed E-state index contributed by atoms with van der Waals surface area (Å²) in [5, 5.41) is 5.27. The molecule has 0 atom stereocenters. The summed E-state index contributed by atoms with van der Waals surface area (Å²) in [5.41, 5.74) is 2.64. The van der Waals surface area contributed by atoms with Crippen LogP contribution in [0.15, 0.2) is 58.3 Å². The third-order valence-corrected chi connectivity index (χ3v) is 7.91. The van der Waals surface area contributed by atoms with Crippen molar-refractivity contribution in [2.24, 2.45) is 0 Å². The molecule has 1 amide bonds. The van der Waals surface area contributed by atoms with Gasteiger partial charge in [-0.1, -0.05) is 17.7 Å². The Hall–Kier alpha value is -4.29. The van der Waals surface area contributed by atoms with Crippen LogP contribution >= 0.6 is 11.3 Å². The zero-order chi connectivity index (χ0) is 31.6. The first-order valence-corrected chi connectivity index (χ1v) is 15.0. The van der Waals surface area contributed by atoms with Gasteiger partial charge in [-0.15, -0.1) is 11.3 Å². The molecular weight excluding hydrogens is 591 g/mol. The number of carbonyl (C=O) groups excluding carboxylic acids is 1. The maximum absolute atomic E-state index is 14.4. The minimum absolute atomic E-state index is 0.182. The Balaban J connectivity index is 1.75. The molecule has 0 aliphatic carbocycles. The highest BCUT2D eigenvalue weighted by Crippen LogP contribution is 2.34. The van der Waals surface area contributed by atoms with Gasteiger partial charge in [-0.2, -0.15) is 13.2 Å². The Morgan fingerprint density at radius 1 is 1.14 bits per heavy atom. The van der Waals surface area contributed by atoms with Gasteiger partial charge < -0.3 is 15.0 Å². The highest BCUT2D eigenvalue weighted by molar-refractivity contribution is 7.13. The number of aromatic nitrogens is 3. The van der Waals surface area contributed by atoms with E-state index in [1.54, 1.807) is 34.7 Å². The molecule has 3 aromatic heterocycles. The number of thiazole rings is 1. The number of aryl methyl sites for hydroxylation is 1. The number of allylic oxidation sites excluding steroid dienone is 1. The van der Waals surface area contributed by atoms with E-state index in [1.165, 1.54) is 28.0 Å². The maximum Gasteiger partial charge on any atom is 0.416 e. The van der Waals surface area contributed by atoms with E-state index < -0.39 is 17.3 Å². The van der Waals surface area contributed by atoms with Gasteiger partial charge in [-0.05, 0) is 63.6 Å². The summed E-state index contributed by atoms with van der Waals surface area (Å²) in [6.07, 6.45) is -1.01. The summed E-state index contributed by atoms with van der Waals surface area (Å²) in [4.78, 5) is 39.4. The molecule has 5 rings (SSSR count). The number of benzene rings is 1. The number of rotatable bonds is 7. The van der Waals surface area contributed by atoms with Crippen molar-refractivity contribution in [3.63, 3.8) is 0 Å². The number of nitrogens with one attached hydrogen (secondary N) is 1. The summed E-state index contributed by atoms with van der Waals surface area (Å²) in [7, 11) is 0. The molecule has 0 saturated carbocycles. The zero-order valence-corrected chi connectivity index (χ0v) is 25.6. The van der Waals surface area contributed by atoms with E-state index in [0.717, 1.165) is 23.3 Å². The van der Waals surface area contributed by atoms with Crippen LogP contribution in [-0.2, 0) is 6.18 Å². The zero-order valence-electron chi connectivity index (χ0n) is 24.8. The van der Waals surface area contributed by atoms with Crippen molar-refractivity contribution in [1.82, 2.24) is 24.8 Å². The maximum atomic E-state index is 14.4. The molecular formula is C32H32F3N5O3S. The number of alkyl halides is 3. The van der Waals surface area contributed by atoms with Crippen LogP contribution in [0.1, 0.15) is 48.0 Å². The standard InChI is InChI=1S/C32H32F3N5O3S/c1-5-43-28-27(15-20(4)17-37-28)40-26(14-19(2)3)23(30(41)39-12-10-36-11-13-39)16-24(31(40)42)29-38-25(18-44-29)21-6-8-22(9-7-21)32(33,34)35/h6-9,14-18,36H,5,10-13H2,1-4H3. The number of piperazine rings is 1. The van der Waals surface area contributed by atoms with Gasteiger partial charge in [0.15, 0.2) is 0 Å². The quantitative estimate of drug-likeness (QED) is 0.263. The predicted molar refractivity (Wildman–Crippen MR) is 165 cm³/mol. The number of hydrogen-bond acceptors (Lipinski definition) is 7. The van der Waals surface area contributed by atoms with Crippen LogP contribution in [0.5, 0.6) is 5.88 Å². The molecule has 12 heteroatoms. The minimum Gasteiger partial charge on any atom is -0.476 e. The summed E-state index contributed by atoms with van der Waals surface area (Å²) >= 11 is 1.17. The second kappa shape index (κ2) is 12.7. The fraction of sp³-hybridized carbons (Fsp3) is 0.312. The Kier molecular flexibility index (Phi) is 9.02. The van der Waals surface area contributed by atoms with E-state index >= 15 is 0 Å². The lowest BCUT2D eigenvalue weighted by atomic mass is 10.0. The van der Waals surface area contributed by atoms with Crippen molar-refractivity contribution in [2.75, 3.05) is 32.8 Å². The number of halogens is 3. The van der Waals surface area contributed by atoms with E-state index in [0.29, 0.717) is 66.0 Å². The van der Waals surface area contributed by atoms with Crippen molar-refractivity contribution in [1.29, 1.82) is 0 Å². The Bertz CT molecular complexity index is 1770. The van der Waals surface area contributed by atoms with E-state index in [-0.39, 0.29) is 17.4 Å². The SMILES string of the molecule is CCOc1ncc(C)cc1-n1c(C=C(C)C)c(C(=O)N2CCNCC2)cc(-c2nc(-c3ccc(C(F)(F)F)cc3)cs2)c1=O. The number of amides is 1. The molecule has 230 valence electrons. The third kappa shape index (κ3) is 6.46. The normalized spacial score (nSPS) is 13.6. The highest BCUT2D eigenvalue weighted by atomic mass is 32.1. The van der Waals surface area contributed by atoms with Crippen molar-refractivity contribution >= 4 is 23.3 Å². The van der Waals surface area contributed by atoms with Gasteiger partial charge in [-0.3, -0.25) is 14.2 Å². The smallest absolute Gasteiger partial charge is 0.416 e. The lowest BCUT2D eigenvalue weighted by Gasteiger charge is -2.29. The average molecular weight is 624 g/mol. The van der Waals surface area contributed by atoms with Gasteiger partial charge in [0.2, 0.25) is 5.88 Å². The molecule has 1 aromatic carbocycles. The van der Waals surface area contributed by atoms with Gasteiger partial charge in [0.1, 0.15) is 10.7 Å². The lowest BCUT2D eigenvalue weighted by Crippen LogP contribution is -2.47. The Morgan fingerprint density at radius 2 is 1.84 bits per heavy atom. The predicted octanol–water partition coefficient (Wildman–Crippen LogP) is 6.22. The number of carbonyl (C=O) groups is 1. The molecule has 0 bridgehead atoms. The molecule has 4 aromatic rings. The van der Waals surface area contributed by atoms with Crippen molar-refractivity contribution < 1.29 is 22.7 Å². The molecule has 1 aliphatic heterocycles. The van der Waals surface area contributed by atoms with E-state index in [4.69, 9.17) is 4.74 Å². The number of pyridine rings is 2. The number of ether oxygens (including phenoxy) is 1. The first-order valence-electron chi connectivity index (χ1n) is 14.2. The summed E-state index contributed by atoms with van der Waals surface area (Å²) in [5.74, 6) is 0.0120. The molecule has 1 fully saturated rings. The third-order valence-electron chi connectivity index (χ3n) is 7.03. The minimum atomic E-state index is -4.46. The van der Waals surface area contributed by atoms with Crippen molar-refractivity contribution in [3.8, 4) is 33.4 Å². The largest absolute Gasteiger partial charge is 0.476 e. The summed E-state index contributed by atoms with van der Waals surface area (Å²) in [6.45, 7) is 10.1. The topological polar surface area (TPSA) is 89.3 Å². The van der Waals surface area contributed by atoms with Crippen molar-refractivity contribution in [3.05, 3.63) is 86.3 Å². The van der Waals surface area contributed by atoms with Crippen LogP contribution in [0.2, 0.25) is 0 Å². The highest BCUT2D eigenvalue weighted by Gasteiger charge is 2.30. The van der Waals surface area contributed by atoms with Gasteiger partial charge in [0.25, 0.3) is 11.5 Å². The molecule has 1 aliphatic rings. The molecule has 0 spiro atoms. The van der Waals surface area contributed by atoms with Gasteiger partial charge in [0, 0.05) is 43.3 Å². The van der Waals surface area contributed by atoms with E-state index in [9.17, 15) is 22.8 Å². The Morgan fingerprint density at radius 3 is 2.48 bits per heavy atom. The van der Waals surface area contributed by atoms with Crippen LogP contribution in [0.3, 0.4) is 0 Å². The van der Waals surface area contributed by atoms with Crippen molar-refractivity contribution in [2.45, 2.75) is 33.9 Å². The number of nitrogens with zero attached hydrogens (tertiary/aromatic N) is 4. The van der Waals surface area contributed by atoms with Crippen LogP contribution < -0.4 is 15.6 Å². The second-order valence-corrected chi connectivity index (χ2v) is 11.5. The second-order valence-electron chi connectivity index (χ2n) is 10.6. The summed E-state index contributed by atoms with van der Waals surface area (Å²) in [6, 6.07) is 8.07. The average Bonchev–Trinajstić information content (AvgIpc) is 3.48. The molecule has 1 N–H and O–H groups in total. The van der Waals surface area contributed by atoms with Crippen LogP contribution in [0.25, 0.3) is 33.6 Å². The Labute approximate surface area is 256 Å². The number of hydrogen-bond donors (Lipinski definition) is 1. The van der Waals surface area contributed by atoms with E-state index in [1.807, 2.05) is 27.7 Å². The first-order chi connectivity index (χ1) is 21.0. The molecule has 4 heterocycles. The lowest BCUT2D eigenvalue weighted by molar-refractivity contribution is -0.137. The van der Waals surface area contributed by atoms with Crippen LogP contribution in [-0.4, -0.2) is 58.1 Å². The van der Waals surface area contributed by atoms with Crippen LogP contribution in [0.4, 0.5) is 13.2 Å². The molecule has 8 nitrogen and oxygen atoms in total. The summed E-state index contributed by atoms with van der Waals surface area (Å²) < 4.78 is 46.6. The fourth-order valence-corrected chi connectivity index (χ4v) is 5.79. The molecule has 0 unspecified atom stereocenters. The monoisotopic (exact) mass is 623 g/mol. The van der Waals surface area contributed by atoms with Crippen LogP contribution in [0, 0.1) is 6.92 Å². The van der Waals surface area contributed by atoms with E-state index in [2.05, 4.69) is 15.3 Å². The van der Waals surface area contributed by atoms with Gasteiger partial charge in [0.05, 0.1) is 34.7 Å². The first kappa shape index (κ1) is 31.1. The molecule has 0 radical (unpaired) electrons. The van der Waals surface area contributed by atoms with Gasteiger partial charge in [-0.25, -0.2) is 9.97 Å². The van der Waals surface area contributed by atoms with Gasteiger partial charge >= 0.3 is 6.18 Å². The molecule has 44 heavy (non-hydrogen) atoms. The molecule has 1 saturated heterocycles. The fourth-order valence-electron chi connectivity index (χ4n) is 4.96.